The van der Waals surface area contributed by atoms with Crippen molar-refractivity contribution in [3.63, 3.8) is 0 Å². The molecule has 0 radical (unpaired) electrons. The summed E-state index contributed by atoms with van der Waals surface area (Å²) in [5.41, 5.74) is 1.46. The average Bonchev–Trinajstić information content (AvgIpc) is 2.46. The monoisotopic (exact) mass is 260 g/mol. The molecule has 2 heteroatoms. The molecule has 1 saturated heterocycles. The lowest BCUT2D eigenvalue weighted by molar-refractivity contribution is 0.129. The summed E-state index contributed by atoms with van der Waals surface area (Å²) < 4.78 is 0. The Morgan fingerprint density at radius 1 is 1.21 bits per heavy atom. The number of nitrogens with one attached hydrogen (secondary N) is 1. The summed E-state index contributed by atoms with van der Waals surface area (Å²) in [6.07, 6.45) is 2.45. The van der Waals surface area contributed by atoms with E-state index in [-0.39, 0.29) is 0 Å². The van der Waals surface area contributed by atoms with Crippen molar-refractivity contribution in [3.8, 4) is 0 Å². The quantitative estimate of drug-likeness (QED) is 0.875. The summed E-state index contributed by atoms with van der Waals surface area (Å²) in [6, 6.07) is 12.2. The molecule has 0 aliphatic carbocycles. The Morgan fingerprint density at radius 2 is 1.95 bits per heavy atom. The van der Waals surface area contributed by atoms with Crippen LogP contribution in [0.4, 0.5) is 0 Å². The molecule has 1 heterocycles. The lowest BCUT2D eigenvalue weighted by atomic mass is 9.99. The fraction of sp³-hybridized carbons (Fsp3) is 0.647. The molecule has 0 amide bonds. The molecule has 0 bridgehead atoms. The molecule has 2 rings (SSSR count). The molecule has 0 saturated carbocycles. The second-order valence-corrected chi connectivity index (χ2v) is 6.17. The molecule has 1 aromatic rings. The zero-order chi connectivity index (χ0) is 13.7. The maximum atomic E-state index is 3.64. The fourth-order valence-electron chi connectivity index (χ4n) is 2.85. The van der Waals surface area contributed by atoms with Crippen molar-refractivity contribution >= 4 is 0 Å². The van der Waals surface area contributed by atoms with Crippen LogP contribution >= 0.6 is 0 Å². The first-order valence-electron chi connectivity index (χ1n) is 7.68. The largest absolute Gasteiger partial charge is 0.311 e. The highest BCUT2D eigenvalue weighted by molar-refractivity contribution is 5.14. The van der Waals surface area contributed by atoms with Gasteiger partial charge in [0.05, 0.1) is 0 Å². The van der Waals surface area contributed by atoms with Crippen LogP contribution in [0.3, 0.4) is 0 Å². The van der Waals surface area contributed by atoms with E-state index in [9.17, 15) is 0 Å². The predicted molar refractivity (Wildman–Crippen MR) is 82.4 cm³/mol. The first-order valence-corrected chi connectivity index (χ1v) is 7.68. The second-order valence-electron chi connectivity index (χ2n) is 6.17. The van der Waals surface area contributed by atoms with Crippen molar-refractivity contribution in [2.45, 2.75) is 45.7 Å². The van der Waals surface area contributed by atoms with E-state index < -0.39 is 0 Å². The van der Waals surface area contributed by atoms with Gasteiger partial charge in [-0.05, 0) is 31.2 Å². The van der Waals surface area contributed by atoms with Gasteiger partial charge >= 0.3 is 0 Å². The Morgan fingerprint density at radius 3 is 2.63 bits per heavy atom. The minimum atomic E-state index is 0.660. The minimum absolute atomic E-state index is 0.660. The topological polar surface area (TPSA) is 15.3 Å². The van der Waals surface area contributed by atoms with Gasteiger partial charge in [0.2, 0.25) is 0 Å². The van der Waals surface area contributed by atoms with E-state index in [4.69, 9.17) is 0 Å². The van der Waals surface area contributed by atoms with Crippen LogP contribution in [-0.4, -0.2) is 36.6 Å². The summed E-state index contributed by atoms with van der Waals surface area (Å²) >= 11 is 0. The van der Waals surface area contributed by atoms with Crippen LogP contribution in [0.15, 0.2) is 30.3 Å². The molecule has 1 N–H and O–H groups in total. The van der Waals surface area contributed by atoms with Crippen molar-refractivity contribution in [3.05, 3.63) is 35.9 Å². The smallest absolute Gasteiger partial charge is 0.0218 e. The van der Waals surface area contributed by atoms with Gasteiger partial charge in [-0.25, -0.2) is 0 Å². The molecule has 2 atom stereocenters. The number of hydrogen-bond acceptors (Lipinski definition) is 2. The van der Waals surface area contributed by atoms with E-state index >= 15 is 0 Å². The van der Waals surface area contributed by atoms with Crippen molar-refractivity contribution in [2.24, 2.45) is 5.92 Å². The van der Waals surface area contributed by atoms with Gasteiger partial charge in [-0.1, -0.05) is 44.2 Å². The highest BCUT2D eigenvalue weighted by atomic mass is 15.2. The fourth-order valence-corrected chi connectivity index (χ4v) is 2.85. The van der Waals surface area contributed by atoms with Gasteiger partial charge in [0.25, 0.3) is 0 Å². The third kappa shape index (κ3) is 4.32. The number of nitrogens with zero attached hydrogens (tertiary/aromatic N) is 1. The maximum absolute atomic E-state index is 3.64. The first-order chi connectivity index (χ1) is 9.16. The van der Waals surface area contributed by atoms with Crippen LogP contribution < -0.4 is 5.32 Å². The van der Waals surface area contributed by atoms with Crippen LogP contribution in [0.25, 0.3) is 0 Å². The molecule has 1 aliphatic heterocycles. The van der Waals surface area contributed by atoms with Gasteiger partial charge in [0.15, 0.2) is 0 Å². The average molecular weight is 260 g/mol. The molecule has 106 valence electrons. The summed E-state index contributed by atoms with van der Waals surface area (Å²) in [5, 5.41) is 3.64. The highest BCUT2D eigenvalue weighted by Crippen LogP contribution is 2.14. The van der Waals surface area contributed by atoms with Gasteiger partial charge in [-0.15, -0.1) is 0 Å². The zero-order valence-electron chi connectivity index (χ0n) is 12.6. The van der Waals surface area contributed by atoms with Gasteiger partial charge < -0.3 is 5.32 Å². The summed E-state index contributed by atoms with van der Waals surface area (Å²) in [4.78, 5) is 2.66. The van der Waals surface area contributed by atoms with Crippen molar-refractivity contribution < 1.29 is 0 Å². The molecule has 0 spiro atoms. The molecule has 1 fully saturated rings. The van der Waals surface area contributed by atoms with Crippen molar-refractivity contribution in [2.75, 3.05) is 19.6 Å². The Bertz CT molecular complexity index is 361. The van der Waals surface area contributed by atoms with E-state index in [1.165, 1.54) is 31.5 Å². The van der Waals surface area contributed by atoms with Crippen LogP contribution in [0.1, 0.15) is 32.8 Å². The Balaban J connectivity index is 1.81. The summed E-state index contributed by atoms with van der Waals surface area (Å²) in [7, 11) is 0. The van der Waals surface area contributed by atoms with Gasteiger partial charge in [0.1, 0.15) is 0 Å². The summed E-state index contributed by atoms with van der Waals surface area (Å²) in [6.45, 7) is 10.5. The van der Waals surface area contributed by atoms with E-state index in [0.29, 0.717) is 12.1 Å². The Kier molecular flexibility index (Phi) is 5.41. The zero-order valence-corrected chi connectivity index (χ0v) is 12.6. The van der Waals surface area contributed by atoms with Gasteiger partial charge in [-0.2, -0.15) is 0 Å². The standard InChI is InChI=1S/C17H28N2/c1-14(2)17-13-19(12-11-18-17)15(3)9-10-16-7-5-4-6-8-16/h4-8,14-15,17-18H,9-13H2,1-3H3. The minimum Gasteiger partial charge on any atom is -0.311 e. The normalized spacial score (nSPS) is 22.6. The summed E-state index contributed by atoms with van der Waals surface area (Å²) in [5.74, 6) is 0.726. The molecule has 2 unspecified atom stereocenters. The Hall–Kier alpha value is -0.860. The van der Waals surface area contributed by atoms with Crippen LogP contribution in [0.5, 0.6) is 0 Å². The molecule has 1 aliphatic rings. The third-order valence-electron chi connectivity index (χ3n) is 4.36. The maximum Gasteiger partial charge on any atom is 0.0218 e. The number of piperazine rings is 1. The van der Waals surface area contributed by atoms with E-state index in [2.05, 4.69) is 61.3 Å². The number of benzene rings is 1. The Labute approximate surface area is 118 Å². The second kappa shape index (κ2) is 7.06. The molecule has 2 nitrogen and oxygen atoms in total. The lowest BCUT2D eigenvalue weighted by Gasteiger charge is -2.39. The molecule has 1 aromatic carbocycles. The van der Waals surface area contributed by atoms with Crippen LogP contribution in [0, 0.1) is 5.92 Å². The van der Waals surface area contributed by atoms with E-state index in [1.54, 1.807) is 0 Å². The number of hydrogen-bond donors (Lipinski definition) is 1. The van der Waals surface area contributed by atoms with Crippen molar-refractivity contribution in [1.29, 1.82) is 0 Å². The number of rotatable bonds is 5. The third-order valence-corrected chi connectivity index (χ3v) is 4.36. The highest BCUT2D eigenvalue weighted by Gasteiger charge is 2.24. The molecular formula is C17H28N2. The van der Waals surface area contributed by atoms with Crippen LogP contribution in [-0.2, 0) is 6.42 Å². The van der Waals surface area contributed by atoms with E-state index in [0.717, 1.165) is 12.5 Å². The first kappa shape index (κ1) is 14.5. The van der Waals surface area contributed by atoms with Crippen molar-refractivity contribution in [1.82, 2.24) is 10.2 Å². The molecule has 0 aromatic heterocycles. The van der Waals surface area contributed by atoms with Gasteiger partial charge in [0, 0.05) is 31.7 Å². The van der Waals surface area contributed by atoms with Gasteiger partial charge in [-0.3, -0.25) is 4.90 Å². The van der Waals surface area contributed by atoms with E-state index in [1.807, 2.05) is 0 Å². The molecule has 19 heavy (non-hydrogen) atoms. The number of aryl methyl sites for hydroxylation is 1. The SMILES string of the molecule is CC(C)C1CN(C(C)CCc2ccccc2)CCN1. The lowest BCUT2D eigenvalue weighted by Crippen LogP contribution is -2.55. The predicted octanol–water partition coefficient (Wildman–Crippen LogP) is 2.94. The van der Waals surface area contributed by atoms with Crippen LogP contribution in [0.2, 0.25) is 0 Å². The molecular weight excluding hydrogens is 232 g/mol.